The van der Waals surface area contributed by atoms with Crippen LogP contribution < -0.4 is 14.8 Å². The molecule has 0 aliphatic rings. The minimum absolute atomic E-state index is 0.228. The number of carbonyl (C=O) groups excluding carboxylic acids is 1. The van der Waals surface area contributed by atoms with Crippen molar-refractivity contribution in [1.29, 1.82) is 0 Å². The lowest BCUT2D eigenvalue weighted by Crippen LogP contribution is -2.14. The van der Waals surface area contributed by atoms with Gasteiger partial charge in [0.2, 0.25) is 5.88 Å². The molecular formula is C18H22N2O3. The lowest BCUT2D eigenvalue weighted by molar-refractivity contribution is 0.102. The summed E-state index contributed by atoms with van der Waals surface area (Å²) < 4.78 is 11.1. The average Bonchev–Trinajstić information content (AvgIpc) is 2.54. The van der Waals surface area contributed by atoms with Gasteiger partial charge < -0.3 is 14.8 Å². The molecule has 1 heterocycles. The molecule has 0 aliphatic heterocycles. The first-order chi connectivity index (χ1) is 11.1. The summed E-state index contributed by atoms with van der Waals surface area (Å²) in [6, 6.07) is 10.7. The van der Waals surface area contributed by atoms with E-state index in [1.807, 2.05) is 31.2 Å². The van der Waals surface area contributed by atoms with Crippen LogP contribution in [0.1, 0.15) is 31.1 Å². The van der Waals surface area contributed by atoms with E-state index in [-0.39, 0.29) is 5.91 Å². The predicted molar refractivity (Wildman–Crippen MR) is 90.1 cm³/mol. The molecule has 1 N–H and O–H groups in total. The van der Waals surface area contributed by atoms with Gasteiger partial charge >= 0.3 is 0 Å². The number of rotatable bonds is 7. The van der Waals surface area contributed by atoms with Crippen molar-refractivity contribution in [3.05, 3.63) is 48.2 Å². The molecule has 5 nitrogen and oxygen atoms in total. The van der Waals surface area contributed by atoms with Crippen molar-refractivity contribution < 1.29 is 14.3 Å². The zero-order chi connectivity index (χ0) is 16.7. The quantitative estimate of drug-likeness (QED) is 0.845. The number of nitrogens with zero attached hydrogens (tertiary/aromatic N) is 1. The summed E-state index contributed by atoms with van der Waals surface area (Å²) in [5.41, 5.74) is 1.13. The van der Waals surface area contributed by atoms with Gasteiger partial charge in [-0.25, -0.2) is 4.98 Å². The van der Waals surface area contributed by atoms with Crippen LogP contribution >= 0.6 is 0 Å². The summed E-state index contributed by atoms with van der Waals surface area (Å²) >= 11 is 0. The molecular weight excluding hydrogens is 292 g/mol. The molecule has 0 spiro atoms. The molecule has 122 valence electrons. The van der Waals surface area contributed by atoms with E-state index in [4.69, 9.17) is 9.47 Å². The summed E-state index contributed by atoms with van der Waals surface area (Å²) in [4.78, 5) is 16.5. The Morgan fingerprint density at radius 3 is 2.74 bits per heavy atom. The van der Waals surface area contributed by atoms with Gasteiger partial charge in [0.05, 0.1) is 18.9 Å². The molecule has 1 aromatic carbocycles. The summed E-state index contributed by atoms with van der Waals surface area (Å²) in [7, 11) is 0. The van der Waals surface area contributed by atoms with Gasteiger partial charge in [-0.05, 0) is 31.0 Å². The Morgan fingerprint density at radius 2 is 2.00 bits per heavy atom. The van der Waals surface area contributed by atoms with E-state index in [1.54, 1.807) is 18.3 Å². The number of benzene rings is 1. The van der Waals surface area contributed by atoms with Crippen molar-refractivity contribution in [2.75, 3.05) is 18.5 Å². The first-order valence-electron chi connectivity index (χ1n) is 7.72. The molecule has 23 heavy (non-hydrogen) atoms. The number of carbonyl (C=O) groups is 1. The first kappa shape index (κ1) is 16.8. The maximum absolute atomic E-state index is 12.4. The largest absolute Gasteiger partial charge is 0.491 e. The lowest BCUT2D eigenvalue weighted by Gasteiger charge is -2.14. The van der Waals surface area contributed by atoms with E-state index in [0.717, 1.165) is 0 Å². The second-order valence-electron chi connectivity index (χ2n) is 5.47. The monoisotopic (exact) mass is 314 g/mol. The number of anilines is 1. The van der Waals surface area contributed by atoms with Crippen LogP contribution in [0.5, 0.6) is 11.6 Å². The fourth-order valence-corrected chi connectivity index (χ4v) is 1.92. The molecule has 0 saturated carbocycles. The van der Waals surface area contributed by atoms with Crippen molar-refractivity contribution in [1.82, 2.24) is 4.98 Å². The lowest BCUT2D eigenvalue weighted by atomic mass is 10.2. The van der Waals surface area contributed by atoms with Gasteiger partial charge in [0, 0.05) is 17.8 Å². The smallest absolute Gasteiger partial charge is 0.256 e. The molecule has 2 rings (SSSR count). The number of pyridine rings is 1. The molecule has 2 aromatic rings. The SMILES string of the molecule is CCOc1cc(C(=O)Nc2ccccc2OCC(C)C)ccn1. The number of hydrogen-bond donors (Lipinski definition) is 1. The third-order valence-electron chi connectivity index (χ3n) is 3.00. The van der Waals surface area contributed by atoms with Crippen LogP contribution in [0.15, 0.2) is 42.6 Å². The van der Waals surface area contributed by atoms with Gasteiger partial charge in [-0.2, -0.15) is 0 Å². The Bertz CT molecular complexity index is 656. The molecule has 0 unspecified atom stereocenters. The number of ether oxygens (including phenoxy) is 2. The third kappa shape index (κ3) is 4.98. The zero-order valence-corrected chi connectivity index (χ0v) is 13.7. The Balaban J connectivity index is 2.12. The highest BCUT2D eigenvalue weighted by Crippen LogP contribution is 2.25. The first-order valence-corrected chi connectivity index (χ1v) is 7.72. The van der Waals surface area contributed by atoms with Crippen molar-refractivity contribution in [2.45, 2.75) is 20.8 Å². The van der Waals surface area contributed by atoms with Crippen molar-refractivity contribution in [3.8, 4) is 11.6 Å². The fraction of sp³-hybridized carbons (Fsp3) is 0.333. The Kier molecular flexibility index (Phi) is 5.97. The maximum Gasteiger partial charge on any atom is 0.256 e. The van der Waals surface area contributed by atoms with E-state index in [2.05, 4.69) is 24.1 Å². The van der Waals surface area contributed by atoms with E-state index in [0.29, 0.717) is 42.0 Å². The average molecular weight is 314 g/mol. The highest BCUT2D eigenvalue weighted by Gasteiger charge is 2.11. The third-order valence-corrected chi connectivity index (χ3v) is 3.00. The van der Waals surface area contributed by atoms with Crippen LogP contribution in [0.3, 0.4) is 0 Å². The minimum Gasteiger partial charge on any atom is -0.491 e. The van der Waals surface area contributed by atoms with Crippen LogP contribution in [0.2, 0.25) is 0 Å². The van der Waals surface area contributed by atoms with Gasteiger partial charge in [-0.1, -0.05) is 26.0 Å². The maximum atomic E-state index is 12.4. The highest BCUT2D eigenvalue weighted by atomic mass is 16.5. The molecule has 0 aliphatic carbocycles. The molecule has 1 amide bonds. The second kappa shape index (κ2) is 8.17. The van der Waals surface area contributed by atoms with Gasteiger partial charge in [0.1, 0.15) is 5.75 Å². The van der Waals surface area contributed by atoms with Crippen LogP contribution in [-0.4, -0.2) is 24.1 Å². The Labute approximate surface area is 136 Å². The van der Waals surface area contributed by atoms with E-state index < -0.39 is 0 Å². The van der Waals surface area contributed by atoms with Gasteiger partial charge in [0.15, 0.2) is 0 Å². The molecule has 0 atom stereocenters. The van der Waals surface area contributed by atoms with E-state index >= 15 is 0 Å². The standard InChI is InChI=1S/C18H22N2O3/c1-4-22-17-11-14(9-10-19-17)18(21)20-15-7-5-6-8-16(15)23-12-13(2)3/h5-11,13H,4,12H2,1-3H3,(H,20,21). The van der Waals surface area contributed by atoms with Gasteiger partial charge in [-0.15, -0.1) is 0 Å². The molecule has 1 aromatic heterocycles. The number of aromatic nitrogens is 1. The summed E-state index contributed by atoms with van der Waals surface area (Å²) in [5, 5.41) is 2.87. The van der Waals surface area contributed by atoms with Crippen molar-refractivity contribution >= 4 is 11.6 Å². The zero-order valence-electron chi connectivity index (χ0n) is 13.7. The molecule has 0 saturated heterocycles. The number of hydrogen-bond acceptors (Lipinski definition) is 4. The highest BCUT2D eigenvalue weighted by molar-refractivity contribution is 6.05. The summed E-state index contributed by atoms with van der Waals surface area (Å²) in [6.07, 6.45) is 1.56. The topological polar surface area (TPSA) is 60.5 Å². The predicted octanol–water partition coefficient (Wildman–Crippen LogP) is 3.77. The minimum atomic E-state index is -0.228. The van der Waals surface area contributed by atoms with Crippen molar-refractivity contribution in [3.63, 3.8) is 0 Å². The number of para-hydroxylation sites is 2. The molecule has 0 radical (unpaired) electrons. The fourth-order valence-electron chi connectivity index (χ4n) is 1.92. The van der Waals surface area contributed by atoms with E-state index in [1.165, 1.54) is 0 Å². The van der Waals surface area contributed by atoms with Gasteiger partial charge in [-0.3, -0.25) is 4.79 Å². The summed E-state index contributed by atoms with van der Waals surface area (Å²) in [5.74, 6) is 1.28. The number of amides is 1. The Morgan fingerprint density at radius 1 is 1.22 bits per heavy atom. The molecule has 0 bridgehead atoms. The number of nitrogens with one attached hydrogen (secondary N) is 1. The van der Waals surface area contributed by atoms with Crippen LogP contribution in [0, 0.1) is 5.92 Å². The second-order valence-corrected chi connectivity index (χ2v) is 5.47. The van der Waals surface area contributed by atoms with Crippen LogP contribution in [-0.2, 0) is 0 Å². The Hall–Kier alpha value is -2.56. The van der Waals surface area contributed by atoms with E-state index in [9.17, 15) is 4.79 Å². The normalized spacial score (nSPS) is 10.4. The van der Waals surface area contributed by atoms with Crippen LogP contribution in [0.4, 0.5) is 5.69 Å². The van der Waals surface area contributed by atoms with Gasteiger partial charge in [0.25, 0.3) is 5.91 Å². The van der Waals surface area contributed by atoms with Crippen molar-refractivity contribution in [2.24, 2.45) is 5.92 Å². The summed E-state index contributed by atoms with van der Waals surface area (Å²) in [6.45, 7) is 7.12. The molecule has 0 fully saturated rings. The van der Waals surface area contributed by atoms with Crippen LogP contribution in [0.25, 0.3) is 0 Å². The molecule has 5 heteroatoms.